The predicted molar refractivity (Wildman–Crippen MR) is 255 cm³/mol. The summed E-state index contributed by atoms with van der Waals surface area (Å²) in [5.74, 6) is 1.18. The molecule has 0 unspecified atom stereocenters. The molecule has 0 aliphatic carbocycles. The minimum Gasteiger partial charge on any atom is -0.338 e. The molecule has 2 aromatic heterocycles. The highest BCUT2D eigenvalue weighted by molar-refractivity contribution is 8.04. The first-order valence-electron chi connectivity index (χ1n) is 20.8. The molecule has 0 atom stereocenters. The van der Waals surface area contributed by atoms with E-state index < -0.39 is 0 Å². The first kappa shape index (κ1) is 37.3. The number of benzene rings is 6. The maximum absolute atomic E-state index is 5.51. The molecule has 298 valence electrons. The lowest BCUT2D eigenvalue weighted by Gasteiger charge is -2.30. The highest BCUT2D eigenvalue weighted by Crippen LogP contribution is 2.47. The van der Waals surface area contributed by atoms with Gasteiger partial charge < -0.3 is 9.80 Å². The van der Waals surface area contributed by atoms with Gasteiger partial charge in [0.2, 0.25) is 0 Å². The molecule has 0 radical (unpaired) electrons. The van der Waals surface area contributed by atoms with Crippen LogP contribution in [0.4, 0.5) is 17.2 Å². The highest BCUT2D eigenvalue weighted by Gasteiger charge is 2.30. The molecule has 1 saturated heterocycles. The molecule has 0 amide bonds. The summed E-state index contributed by atoms with van der Waals surface area (Å²) in [6, 6.07) is 60.9. The van der Waals surface area contributed by atoms with Gasteiger partial charge in [-0.1, -0.05) is 121 Å². The number of para-hydroxylation sites is 6. The van der Waals surface area contributed by atoms with Crippen LogP contribution in [0.2, 0.25) is 0 Å². The van der Waals surface area contributed by atoms with Crippen molar-refractivity contribution >= 4 is 74.7 Å². The Morgan fingerprint density at radius 2 is 1.08 bits per heavy atom. The summed E-state index contributed by atoms with van der Waals surface area (Å²) < 4.78 is 4.75. The first-order chi connectivity index (χ1) is 30.1. The molecule has 3 aliphatic rings. The molecular formula is C52H44N7S2+. The van der Waals surface area contributed by atoms with Gasteiger partial charge >= 0.3 is 0 Å². The van der Waals surface area contributed by atoms with Crippen LogP contribution in [0, 0.1) is 0 Å². The van der Waals surface area contributed by atoms with Crippen LogP contribution >= 0.6 is 23.5 Å². The Morgan fingerprint density at radius 1 is 0.541 bits per heavy atom. The number of piperazine rings is 1. The van der Waals surface area contributed by atoms with Gasteiger partial charge in [0, 0.05) is 46.4 Å². The van der Waals surface area contributed by atoms with Crippen LogP contribution in [0.3, 0.4) is 0 Å². The zero-order chi connectivity index (χ0) is 40.9. The molecule has 6 aromatic carbocycles. The summed E-state index contributed by atoms with van der Waals surface area (Å²) in [5.41, 5.74) is 10.3. The van der Waals surface area contributed by atoms with Crippen molar-refractivity contribution in [3.05, 3.63) is 197 Å². The van der Waals surface area contributed by atoms with Gasteiger partial charge in [-0.15, -0.1) is 0 Å². The molecule has 0 N–H and O–H groups in total. The van der Waals surface area contributed by atoms with Gasteiger partial charge in [-0.25, -0.2) is 0 Å². The number of pyridine rings is 2. The van der Waals surface area contributed by atoms with Gasteiger partial charge in [0.1, 0.15) is 24.3 Å². The molecule has 9 heteroatoms. The molecule has 1 fully saturated rings. The Hall–Kier alpha value is -6.68. The molecule has 7 nitrogen and oxygen atoms in total. The Bertz CT molecular complexity index is 3100. The van der Waals surface area contributed by atoms with E-state index in [1.165, 1.54) is 58.9 Å². The molecule has 3 aliphatic heterocycles. The number of fused-ring (bicyclic) bond motifs is 4. The lowest BCUT2D eigenvalue weighted by molar-refractivity contribution is -0.554. The van der Waals surface area contributed by atoms with Crippen molar-refractivity contribution in [2.45, 2.75) is 9.79 Å². The number of aromatic nitrogens is 2. The third-order valence-corrected chi connectivity index (χ3v) is 14.2. The standard InChI is InChI=1S/C52H44N7S2/c1-54-45-25-13-15-27-47(45)60-51(54)35-37-33-49(58(39-17-5-3-6-18-39)43-23-11-9-21-41(37)43)53-57-31-29-56(30-32-57)50-34-38(36-52-55(2)46-26-14-16-28-48(46)61-52)42-22-10-12-24-44(42)59(50)40-19-7-4-8-20-40/h3-28,33-36H,29-32H2,1-2H3/q+1/b51-35+,53-49+. The average Bonchev–Trinajstić information content (AvgIpc) is 3.81. The Labute approximate surface area is 364 Å². The SMILES string of the molecule is CN1C(=Cc2cc(N3CCN(/N=c4\cc(/C=C5/Sc6ccccc6N5C)c5ccccc5n4-c4ccccc4)CC3)[n+](-c3ccccc3)c3ccccc23)Sc2ccccc21. The smallest absolute Gasteiger partial charge is 0.282 e. The van der Waals surface area contributed by atoms with E-state index in [9.17, 15) is 0 Å². The summed E-state index contributed by atoms with van der Waals surface area (Å²) in [6.45, 7) is 3.19. The zero-order valence-corrected chi connectivity index (χ0v) is 35.7. The van der Waals surface area contributed by atoms with E-state index in [4.69, 9.17) is 5.10 Å². The molecule has 0 bridgehead atoms. The number of anilines is 3. The van der Waals surface area contributed by atoms with E-state index in [1.807, 2.05) is 23.5 Å². The number of nitrogens with zero attached hydrogens (tertiary/aromatic N) is 7. The fourth-order valence-corrected chi connectivity index (χ4v) is 11.0. The monoisotopic (exact) mass is 830 g/mol. The summed E-state index contributed by atoms with van der Waals surface area (Å²) in [5, 5.41) is 12.6. The van der Waals surface area contributed by atoms with Crippen molar-refractivity contribution < 1.29 is 4.57 Å². The van der Waals surface area contributed by atoms with E-state index in [0.29, 0.717) is 0 Å². The topological polar surface area (TPSA) is 34.1 Å². The van der Waals surface area contributed by atoms with Gasteiger partial charge in [-0.3, -0.25) is 14.5 Å². The molecule has 5 heterocycles. The minimum absolute atomic E-state index is 0.776. The Morgan fingerprint density at radius 3 is 1.74 bits per heavy atom. The molecule has 11 rings (SSSR count). The number of thioether (sulfide) groups is 2. The van der Waals surface area contributed by atoms with Gasteiger partial charge in [0.05, 0.1) is 40.0 Å². The van der Waals surface area contributed by atoms with Gasteiger partial charge in [-0.2, -0.15) is 9.67 Å². The molecule has 0 spiro atoms. The fraction of sp³-hybridized carbons (Fsp3) is 0.115. The van der Waals surface area contributed by atoms with E-state index in [-0.39, 0.29) is 0 Å². The highest BCUT2D eigenvalue weighted by atomic mass is 32.2. The van der Waals surface area contributed by atoms with Crippen molar-refractivity contribution in [3.8, 4) is 11.4 Å². The second-order valence-electron chi connectivity index (χ2n) is 15.6. The van der Waals surface area contributed by atoms with Crippen molar-refractivity contribution in [3.63, 3.8) is 0 Å². The van der Waals surface area contributed by atoms with Crippen LogP contribution in [0.1, 0.15) is 11.1 Å². The van der Waals surface area contributed by atoms with Crippen LogP contribution in [-0.2, 0) is 0 Å². The van der Waals surface area contributed by atoms with Gasteiger partial charge in [-0.05, 0) is 90.0 Å². The van der Waals surface area contributed by atoms with E-state index in [2.05, 4.69) is 225 Å². The molecule has 0 saturated carbocycles. The molecule has 8 aromatic rings. The first-order valence-corrected chi connectivity index (χ1v) is 22.4. The lowest BCUT2D eigenvalue weighted by atomic mass is 10.1. The second kappa shape index (κ2) is 15.7. The molecular weight excluding hydrogens is 787 g/mol. The minimum atomic E-state index is 0.776. The van der Waals surface area contributed by atoms with Crippen LogP contribution in [0.5, 0.6) is 0 Å². The van der Waals surface area contributed by atoms with Gasteiger partial charge in [0.15, 0.2) is 5.49 Å². The third kappa shape index (κ3) is 6.84. The second-order valence-corrected chi connectivity index (χ2v) is 17.7. The number of hydrogen-bond donors (Lipinski definition) is 0. The summed E-state index contributed by atoms with van der Waals surface area (Å²) in [4.78, 5) is 9.71. The van der Waals surface area contributed by atoms with Crippen LogP contribution in [-0.4, -0.2) is 49.9 Å². The normalized spacial score (nSPS) is 16.7. The van der Waals surface area contributed by atoms with E-state index in [1.54, 1.807) is 0 Å². The van der Waals surface area contributed by atoms with Crippen molar-refractivity contribution in [1.82, 2.24) is 9.58 Å². The lowest BCUT2D eigenvalue weighted by Crippen LogP contribution is -2.50. The molecule has 61 heavy (non-hydrogen) atoms. The van der Waals surface area contributed by atoms with Crippen molar-refractivity contribution in [2.75, 3.05) is 55.0 Å². The largest absolute Gasteiger partial charge is 0.338 e. The maximum atomic E-state index is 5.51. The zero-order valence-electron chi connectivity index (χ0n) is 34.1. The van der Waals surface area contributed by atoms with E-state index >= 15 is 0 Å². The van der Waals surface area contributed by atoms with Crippen LogP contribution in [0.15, 0.2) is 195 Å². The maximum Gasteiger partial charge on any atom is 0.282 e. The number of hydrogen-bond acceptors (Lipinski definition) is 7. The Balaban J connectivity index is 0.990. The fourth-order valence-electron chi connectivity index (χ4n) is 8.81. The predicted octanol–water partition coefficient (Wildman–Crippen LogP) is 10.8. The van der Waals surface area contributed by atoms with Crippen LogP contribution < -0.4 is 24.8 Å². The summed E-state index contributed by atoms with van der Waals surface area (Å²) in [7, 11) is 4.33. The van der Waals surface area contributed by atoms with Gasteiger partial charge in [0.25, 0.3) is 5.82 Å². The third-order valence-electron chi connectivity index (χ3n) is 11.9. The quantitative estimate of drug-likeness (QED) is 0.155. The van der Waals surface area contributed by atoms with Crippen molar-refractivity contribution in [1.29, 1.82) is 0 Å². The Kier molecular flexibility index (Phi) is 9.63. The summed E-state index contributed by atoms with van der Waals surface area (Å²) in [6.07, 6.45) is 4.70. The van der Waals surface area contributed by atoms with Crippen molar-refractivity contribution in [2.24, 2.45) is 5.10 Å². The van der Waals surface area contributed by atoms with Crippen LogP contribution in [0.25, 0.3) is 45.3 Å². The van der Waals surface area contributed by atoms with E-state index in [0.717, 1.165) is 54.1 Å². The average molecular weight is 831 g/mol. The summed E-state index contributed by atoms with van der Waals surface area (Å²) >= 11 is 3.66. The number of rotatable bonds is 6.